The number of unbranched alkanes of at least 4 members (excludes halogenated alkanes) is 1. The minimum Gasteiger partial charge on any atom is -0.326 e. The standard InChI is InChI=1S/C26H28N2O4S/c1-3-4-16-28-23-15-14-22(20-7-5-8-21(25(20)23)26(28)30)27-24(29)9-6-17-33(31,32)19-12-10-18(2)11-13-19/h5,7-8,10-15H,3-4,6,9,16-17H2,1-2H3,(H,27,29). The van der Waals surface area contributed by atoms with Gasteiger partial charge < -0.3 is 10.2 Å². The lowest BCUT2D eigenvalue weighted by atomic mass is 10.0. The summed E-state index contributed by atoms with van der Waals surface area (Å²) in [4.78, 5) is 27.5. The van der Waals surface area contributed by atoms with Crippen LogP contribution in [0.4, 0.5) is 11.4 Å². The fourth-order valence-electron chi connectivity index (χ4n) is 4.19. The fraction of sp³-hybridized carbons (Fsp3) is 0.308. The number of nitrogens with one attached hydrogen (secondary N) is 1. The van der Waals surface area contributed by atoms with Gasteiger partial charge in [-0.1, -0.05) is 43.2 Å². The van der Waals surface area contributed by atoms with Gasteiger partial charge in [0.15, 0.2) is 9.84 Å². The topological polar surface area (TPSA) is 83.6 Å². The van der Waals surface area contributed by atoms with Crippen LogP contribution in [-0.2, 0) is 14.6 Å². The van der Waals surface area contributed by atoms with Crippen molar-refractivity contribution >= 4 is 43.8 Å². The van der Waals surface area contributed by atoms with Crippen LogP contribution in [0, 0.1) is 6.92 Å². The summed E-state index contributed by atoms with van der Waals surface area (Å²) in [5.41, 5.74) is 3.15. The molecule has 0 saturated carbocycles. The largest absolute Gasteiger partial charge is 0.326 e. The summed E-state index contributed by atoms with van der Waals surface area (Å²) in [6.45, 7) is 4.66. The number of carbonyl (C=O) groups is 2. The Balaban J connectivity index is 1.46. The number of rotatable bonds is 9. The van der Waals surface area contributed by atoms with Crippen molar-refractivity contribution < 1.29 is 18.0 Å². The summed E-state index contributed by atoms with van der Waals surface area (Å²) in [5.74, 6) is -0.343. The third-order valence-corrected chi connectivity index (χ3v) is 7.81. The Hall–Kier alpha value is -3.19. The average Bonchev–Trinajstić information content (AvgIpc) is 3.06. The highest BCUT2D eigenvalue weighted by atomic mass is 32.2. The molecular weight excluding hydrogens is 436 g/mol. The molecule has 1 N–H and O–H groups in total. The molecule has 0 spiro atoms. The highest BCUT2D eigenvalue weighted by Gasteiger charge is 2.30. The van der Waals surface area contributed by atoms with E-state index in [1.165, 1.54) is 0 Å². The summed E-state index contributed by atoms with van der Waals surface area (Å²) in [6.07, 6.45) is 2.24. The van der Waals surface area contributed by atoms with E-state index in [0.717, 1.165) is 34.9 Å². The van der Waals surface area contributed by atoms with Gasteiger partial charge in [-0.05, 0) is 50.1 Å². The number of nitrogens with zero attached hydrogens (tertiary/aromatic N) is 1. The van der Waals surface area contributed by atoms with Crippen LogP contribution in [0.2, 0.25) is 0 Å². The van der Waals surface area contributed by atoms with Crippen LogP contribution in [0.15, 0.2) is 59.5 Å². The number of carbonyl (C=O) groups excluding carboxylic acids is 2. The maximum Gasteiger partial charge on any atom is 0.258 e. The summed E-state index contributed by atoms with van der Waals surface area (Å²) in [6, 6.07) is 16.0. The molecule has 0 aromatic heterocycles. The van der Waals surface area contributed by atoms with E-state index < -0.39 is 9.84 Å². The Kier molecular flexibility index (Phi) is 6.51. The van der Waals surface area contributed by atoms with Crippen LogP contribution in [-0.4, -0.2) is 32.5 Å². The predicted molar refractivity (Wildman–Crippen MR) is 132 cm³/mol. The second-order valence-corrected chi connectivity index (χ2v) is 10.6. The fourth-order valence-corrected chi connectivity index (χ4v) is 5.50. The van der Waals surface area contributed by atoms with Gasteiger partial charge in [-0.3, -0.25) is 9.59 Å². The van der Waals surface area contributed by atoms with Gasteiger partial charge in [-0.15, -0.1) is 0 Å². The van der Waals surface area contributed by atoms with Crippen molar-refractivity contribution in [2.45, 2.75) is 44.4 Å². The van der Waals surface area contributed by atoms with E-state index >= 15 is 0 Å². The normalized spacial score (nSPS) is 13.0. The maximum atomic E-state index is 12.9. The molecular formula is C26H28N2O4S. The molecule has 1 heterocycles. The van der Waals surface area contributed by atoms with Crippen LogP contribution in [0.3, 0.4) is 0 Å². The Morgan fingerprint density at radius 2 is 1.76 bits per heavy atom. The van der Waals surface area contributed by atoms with E-state index in [1.807, 2.05) is 42.2 Å². The number of hydrogen-bond donors (Lipinski definition) is 1. The van der Waals surface area contributed by atoms with Crippen molar-refractivity contribution in [3.63, 3.8) is 0 Å². The Morgan fingerprint density at radius 1 is 1.00 bits per heavy atom. The highest BCUT2D eigenvalue weighted by Crippen LogP contribution is 2.40. The van der Waals surface area contributed by atoms with Gasteiger partial charge in [-0.2, -0.15) is 0 Å². The van der Waals surface area contributed by atoms with Gasteiger partial charge in [0.05, 0.1) is 16.3 Å². The molecule has 3 aromatic carbocycles. The lowest BCUT2D eigenvalue weighted by molar-refractivity contribution is -0.116. The molecule has 0 bridgehead atoms. The third-order valence-electron chi connectivity index (χ3n) is 5.99. The smallest absolute Gasteiger partial charge is 0.258 e. The monoisotopic (exact) mass is 464 g/mol. The summed E-state index contributed by atoms with van der Waals surface area (Å²) in [5, 5.41) is 4.59. The molecule has 2 amide bonds. The van der Waals surface area contributed by atoms with Crippen molar-refractivity contribution in [2.75, 3.05) is 22.5 Å². The molecule has 1 aliphatic heterocycles. The number of benzene rings is 3. The molecule has 0 unspecified atom stereocenters. The maximum absolute atomic E-state index is 12.9. The Bertz CT molecular complexity index is 1310. The van der Waals surface area contributed by atoms with Crippen molar-refractivity contribution in [1.29, 1.82) is 0 Å². The molecule has 0 aliphatic carbocycles. The van der Waals surface area contributed by atoms with E-state index in [-0.39, 0.29) is 35.3 Å². The number of anilines is 2. The zero-order chi connectivity index (χ0) is 23.6. The second kappa shape index (κ2) is 9.35. The molecule has 172 valence electrons. The van der Waals surface area contributed by atoms with Gasteiger partial charge in [-0.25, -0.2) is 8.42 Å². The molecule has 0 saturated heterocycles. The number of aryl methyl sites for hydroxylation is 1. The van der Waals surface area contributed by atoms with E-state index in [9.17, 15) is 18.0 Å². The number of hydrogen-bond acceptors (Lipinski definition) is 4. The van der Waals surface area contributed by atoms with Gasteiger partial charge >= 0.3 is 0 Å². The van der Waals surface area contributed by atoms with Crippen LogP contribution >= 0.6 is 0 Å². The summed E-state index contributed by atoms with van der Waals surface area (Å²) < 4.78 is 25.0. The second-order valence-electron chi connectivity index (χ2n) is 8.45. The van der Waals surface area contributed by atoms with Gasteiger partial charge in [0.25, 0.3) is 5.91 Å². The molecule has 0 radical (unpaired) electrons. The molecule has 1 aliphatic rings. The van der Waals surface area contributed by atoms with Crippen LogP contribution in [0.5, 0.6) is 0 Å². The Morgan fingerprint density at radius 3 is 2.48 bits per heavy atom. The van der Waals surface area contributed by atoms with Crippen LogP contribution in [0.1, 0.15) is 48.5 Å². The van der Waals surface area contributed by atoms with E-state index in [1.54, 1.807) is 24.3 Å². The van der Waals surface area contributed by atoms with Gasteiger partial charge in [0, 0.05) is 35.0 Å². The zero-order valence-electron chi connectivity index (χ0n) is 18.9. The highest BCUT2D eigenvalue weighted by molar-refractivity contribution is 7.91. The first kappa shape index (κ1) is 23.0. The number of sulfone groups is 1. The Labute approximate surface area is 194 Å². The minimum absolute atomic E-state index is 0.00570. The first-order chi connectivity index (χ1) is 15.8. The van der Waals surface area contributed by atoms with Crippen LogP contribution in [0.25, 0.3) is 10.8 Å². The predicted octanol–water partition coefficient (Wildman–Crippen LogP) is 5.10. The van der Waals surface area contributed by atoms with Crippen molar-refractivity contribution in [1.82, 2.24) is 0 Å². The molecule has 6 nitrogen and oxygen atoms in total. The zero-order valence-corrected chi connectivity index (χ0v) is 19.7. The molecule has 0 atom stereocenters. The van der Waals surface area contributed by atoms with Crippen molar-refractivity contribution in [2.24, 2.45) is 0 Å². The van der Waals surface area contributed by atoms with Crippen molar-refractivity contribution in [3.8, 4) is 0 Å². The lowest BCUT2D eigenvalue weighted by Gasteiger charge is -2.17. The van der Waals surface area contributed by atoms with Gasteiger partial charge in [0.1, 0.15) is 0 Å². The lowest BCUT2D eigenvalue weighted by Crippen LogP contribution is -2.27. The van der Waals surface area contributed by atoms with E-state index in [4.69, 9.17) is 0 Å². The van der Waals surface area contributed by atoms with E-state index in [0.29, 0.717) is 17.8 Å². The van der Waals surface area contributed by atoms with Gasteiger partial charge in [0.2, 0.25) is 5.91 Å². The van der Waals surface area contributed by atoms with Crippen LogP contribution < -0.4 is 10.2 Å². The molecule has 4 rings (SSSR count). The summed E-state index contributed by atoms with van der Waals surface area (Å²) >= 11 is 0. The average molecular weight is 465 g/mol. The number of amides is 2. The minimum atomic E-state index is -3.43. The first-order valence-electron chi connectivity index (χ1n) is 11.3. The van der Waals surface area contributed by atoms with E-state index in [2.05, 4.69) is 12.2 Å². The third kappa shape index (κ3) is 4.64. The quantitative estimate of drug-likeness (QED) is 0.477. The SMILES string of the molecule is CCCCN1C(=O)c2cccc3c(NC(=O)CCCS(=O)(=O)c4ccc(C)cc4)ccc1c23. The molecule has 7 heteroatoms. The molecule has 3 aromatic rings. The molecule has 33 heavy (non-hydrogen) atoms. The van der Waals surface area contributed by atoms with Crippen molar-refractivity contribution in [3.05, 3.63) is 65.7 Å². The first-order valence-corrected chi connectivity index (χ1v) is 12.9. The summed E-state index contributed by atoms with van der Waals surface area (Å²) in [7, 11) is -3.43. The molecule has 0 fully saturated rings.